The third-order valence-corrected chi connectivity index (χ3v) is 5.21. The van der Waals surface area contributed by atoms with Crippen molar-refractivity contribution in [2.24, 2.45) is 0 Å². The SMILES string of the molecule is CCO[C@@H](C)c1nc(CN2CCN(c3nccc(C)n3)CC2)cs1. The largest absolute Gasteiger partial charge is 0.372 e. The van der Waals surface area contributed by atoms with Gasteiger partial charge >= 0.3 is 0 Å². The molecule has 2 aromatic rings. The van der Waals surface area contributed by atoms with E-state index in [1.54, 1.807) is 11.3 Å². The van der Waals surface area contributed by atoms with Crippen LogP contribution in [0.25, 0.3) is 0 Å². The molecule has 0 spiro atoms. The molecule has 0 amide bonds. The summed E-state index contributed by atoms with van der Waals surface area (Å²) < 4.78 is 5.62. The van der Waals surface area contributed by atoms with E-state index in [-0.39, 0.29) is 6.10 Å². The molecule has 0 aromatic carbocycles. The van der Waals surface area contributed by atoms with Gasteiger partial charge in [0.15, 0.2) is 0 Å². The summed E-state index contributed by atoms with van der Waals surface area (Å²) in [4.78, 5) is 18.3. The minimum Gasteiger partial charge on any atom is -0.372 e. The van der Waals surface area contributed by atoms with Gasteiger partial charge < -0.3 is 9.64 Å². The summed E-state index contributed by atoms with van der Waals surface area (Å²) in [7, 11) is 0. The van der Waals surface area contributed by atoms with E-state index >= 15 is 0 Å². The van der Waals surface area contributed by atoms with Gasteiger partial charge in [0.1, 0.15) is 11.1 Å². The smallest absolute Gasteiger partial charge is 0.225 e. The van der Waals surface area contributed by atoms with Gasteiger partial charge in [-0.25, -0.2) is 15.0 Å². The molecule has 0 N–H and O–H groups in total. The fourth-order valence-corrected chi connectivity index (χ4v) is 3.64. The molecular formula is C17H25N5OS. The summed E-state index contributed by atoms with van der Waals surface area (Å²) in [5.74, 6) is 0.844. The zero-order chi connectivity index (χ0) is 16.9. The molecule has 1 aliphatic heterocycles. The predicted molar refractivity (Wildman–Crippen MR) is 96.4 cm³/mol. The predicted octanol–water partition coefficient (Wildman–Crippen LogP) is 2.66. The summed E-state index contributed by atoms with van der Waals surface area (Å²) in [6.45, 7) is 11.6. The number of anilines is 1. The molecule has 3 rings (SSSR count). The van der Waals surface area contributed by atoms with Crippen LogP contribution >= 0.6 is 11.3 Å². The van der Waals surface area contributed by atoms with Crippen LogP contribution in [0.5, 0.6) is 0 Å². The lowest BCUT2D eigenvalue weighted by Crippen LogP contribution is -2.46. The number of hydrogen-bond donors (Lipinski definition) is 0. The maximum Gasteiger partial charge on any atom is 0.225 e. The molecular weight excluding hydrogens is 322 g/mol. The third kappa shape index (κ3) is 4.28. The molecule has 0 bridgehead atoms. The van der Waals surface area contributed by atoms with Crippen molar-refractivity contribution in [3.8, 4) is 0 Å². The zero-order valence-corrected chi connectivity index (χ0v) is 15.4. The van der Waals surface area contributed by atoms with Crippen LogP contribution in [0.1, 0.15) is 36.3 Å². The van der Waals surface area contributed by atoms with Gasteiger partial charge in [0.25, 0.3) is 0 Å². The molecule has 130 valence electrons. The molecule has 1 aliphatic rings. The standard InChI is InChI=1S/C17H25N5OS/c1-4-23-14(3)16-20-15(12-24-16)11-21-7-9-22(10-8-21)17-18-6-5-13(2)19-17/h5-6,12,14H,4,7-11H2,1-3H3/t14-/m0/s1. The van der Waals surface area contributed by atoms with Crippen LogP contribution in [0.4, 0.5) is 5.95 Å². The van der Waals surface area contributed by atoms with Gasteiger partial charge in [-0.05, 0) is 26.8 Å². The minimum absolute atomic E-state index is 0.0871. The Morgan fingerprint density at radius 1 is 1.25 bits per heavy atom. The zero-order valence-electron chi connectivity index (χ0n) is 14.6. The maximum atomic E-state index is 5.62. The molecule has 1 atom stereocenters. The van der Waals surface area contributed by atoms with E-state index in [4.69, 9.17) is 9.72 Å². The molecule has 1 saturated heterocycles. The van der Waals surface area contributed by atoms with Gasteiger partial charge in [0.05, 0.1) is 5.69 Å². The Morgan fingerprint density at radius 2 is 2.04 bits per heavy atom. The highest BCUT2D eigenvalue weighted by molar-refractivity contribution is 7.09. The van der Waals surface area contributed by atoms with Gasteiger partial charge in [-0.1, -0.05) is 0 Å². The quantitative estimate of drug-likeness (QED) is 0.801. The van der Waals surface area contributed by atoms with Crippen LogP contribution in [0.2, 0.25) is 0 Å². The molecule has 0 unspecified atom stereocenters. The number of ether oxygens (including phenoxy) is 1. The first kappa shape index (κ1) is 17.3. The third-order valence-electron chi connectivity index (χ3n) is 4.16. The van der Waals surface area contributed by atoms with Crippen LogP contribution in [-0.2, 0) is 11.3 Å². The Morgan fingerprint density at radius 3 is 2.75 bits per heavy atom. The fraction of sp³-hybridized carbons (Fsp3) is 0.588. The van der Waals surface area contributed by atoms with Gasteiger partial charge in [0.2, 0.25) is 5.95 Å². The summed E-state index contributed by atoms with van der Waals surface area (Å²) in [5.41, 5.74) is 2.16. The van der Waals surface area contributed by atoms with Crippen LogP contribution in [0, 0.1) is 6.92 Å². The lowest BCUT2D eigenvalue weighted by atomic mass is 10.3. The maximum absolute atomic E-state index is 5.62. The average molecular weight is 347 g/mol. The number of nitrogens with zero attached hydrogens (tertiary/aromatic N) is 5. The highest BCUT2D eigenvalue weighted by atomic mass is 32.1. The van der Waals surface area contributed by atoms with Crippen molar-refractivity contribution >= 4 is 17.3 Å². The van der Waals surface area contributed by atoms with Gasteiger partial charge in [-0.3, -0.25) is 4.90 Å². The highest BCUT2D eigenvalue weighted by Crippen LogP contribution is 2.22. The second kappa shape index (κ2) is 8.00. The molecule has 3 heterocycles. The summed E-state index contributed by atoms with van der Waals surface area (Å²) in [5, 5.41) is 3.22. The Balaban J connectivity index is 1.52. The molecule has 1 fully saturated rings. The summed E-state index contributed by atoms with van der Waals surface area (Å²) >= 11 is 1.69. The minimum atomic E-state index is 0.0871. The Labute approximate surface area is 147 Å². The van der Waals surface area contributed by atoms with E-state index in [0.717, 1.165) is 61.7 Å². The molecule has 0 saturated carbocycles. The lowest BCUT2D eigenvalue weighted by molar-refractivity contribution is 0.0760. The van der Waals surface area contributed by atoms with Gasteiger partial charge in [-0.2, -0.15) is 0 Å². The first-order valence-corrected chi connectivity index (χ1v) is 9.36. The van der Waals surface area contributed by atoms with E-state index in [1.165, 1.54) is 0 Å². The molecule has 24 heavy (non-hydrogen) atoms. The number of aryl methyl sites for hydroxylation is 1. The monoisotopic (exact) mass is 347 g/mol. The Kier molecular flexibility index (Phi) is 5.76. The van der Waals surface area contributed by atoms with Crippen LogP contribution in [0.15, 0.2) is 17.6 Å². The van der Waals surface area contributed by atoms with Crippen molar-refractivity contribution in [2.45, 2.75) is 33.4 Å². The topological polar surface area (TPSA) is 54.4 Å². The van der Waals surface area contributed by atoms with E-state index in [0.29, 0.717) is 0 Å². The van der Waals surface area contributed by atoms with E-state index in [9.17, 15) is 0 Å². The van der Waals surface area contributed by atoms with Crippen molar-refractivity contribution < 1.29 is 4.74 Å². The number of piperazine rings is 1. The van der Waals surface area contributed by atoms with E-state index < -0.39 is 0 Å². The first-order chi connectivity index (χ1) is 11.7. The van der Waals surface area contributed by atoms with Crippen molar-refractivity contribution in [1.29, 1.82) is 0 Å². The van der Waals surface area contributed by atoms with E-state index in [1.807, 2.05) is 26.1 Å². The molecule has 2 aromatic heterocycles. The van der Waals surface area contributed by atoms with E-state index in [2.05, 4.69) is 32.1 Å². The summed E-state index contributed by atoms with van der Waals surface area (Å²) in [6.07, 6.45) is 1.92. The van der Waals surface area contributed by atoms with Gasteiger partial charge in [0, 0.05) is 56.6 Å². The highest BCUT2D eigenvalue weighted by Gasteiger charge is 2.20. The van der Waals surface area contributed by atoms with Crippen molar-refractivity contribution in [3.05, 3.63) is 34.0 Å². The average Bonchev–Trinajstić information content (AvgIpc) is 3.04. The van der Waals surface area contributed by atoms with Crippen molar-refractivity contribution in [1.82, 2.24) is 19.9 Å². The second-order valence-electron chi connectivity index (χ2n) is 6.04. The van der Waals surface area contributed by atoms with Gasteiger partial charge in [-0.15, -0.1) is 11.3 Å². The molecule has 6 nitrogen and oxygen atoms in total. The van der Waals surface area contributed by atoms with Crippen molar-refractivity contribution in [2.75, 3.05) is 37.7 Å². The lowest BCUT2D eigenvalue weighted by Gasteiger charge is -2.34. The number of aromatic nitrogens is 3. The van der Waals surface area contributed by atoms with Crippen LogP contribution in [0.3, 0.4) is 0 Å². The normalized spacial score (nSPS) is 17.2. The number of hydrogen-bond acceptors (Lipinski definition) is 7. The Hall–Kier alpha value is -1.57. The molecule has 0 aliphatic carbocycles. The molecule has 0 radical (unpaired) electrons. The number of thiazole rings is 1. The first-order valence-electron chi connectivity index (χ1n) is 8.48. The van der Waals surface area contributed by atoms with Crippen LogP contribution < -0.4 is 4.90 Å². The summed E-state index contributed by atoms with van der Waals surface area (Å²) in [6, 6.07) is 1.93. The van der Waals surface area contributed by atoms with Crippen LogP contribution in [-0.4, -0.2) is 52.6 Å². The number of rotatable bonds is 6. The fourth-order valence-electron chi connectivity index (χ4n) is 2.83. The Bertz CT molecular complexity index is 654. The molecule has 7 heteroatoms. The second-order valence-corrected chi connectivity index (χ2v) is 6.93. The van der Waals surface area contributed by atoms with Crippen molar-refractivity contribution in [3.63, 3.8) is 0 Å².